The topological polar surface area (TPSA) is 134 Å². The molecule has 0 aromatic rings. The number of hydrogen-bond acceptors (Lipinski definition) is 8. The number of carbonyl (C=O) groups is 1. The Balaban J connectivity index is -0.000000241. The molecule has 0 atom stereocenters. The molecule has 0 saturated carbocycles. The summed E-state index contributed by atoms with van der Waals surface area (Å²) in [5, 5.41) is 32.1. The summed E-state index contributed by atoms with van der Waals surface area (Å²) in [5.74, 6) is 0. The van der Waals surface area contributed by atoms with Crippen molar-refractivity contribution in [2.24, 2.45) is 0 Å². The van der Waals surface area contributed by atoms with Gasteiger partial charge >= 0.3 is 0 Å². The van der Waals surface area contributed by atoms with Gasteiger partial charge in [-0.1, -0.05) is 0 Å². The van der Waals surface area contributed by atoms with Gasteiger partial charge in [-0.25, -0.2) is 0 Å². The van der Waals surface area contributed by atoms with Crippen LogP contribution in [-0.2, 0) is 18.8 Å². The highest BCUT2D eigenvalue weighted by atomic mass is 31.0. The third-order valence-corrected chi connectivity index (χ3v) is 1.82. The van der Waals surface area contributed by atoms with Crippen molar-refractivity contribution in [3.05, 3.63) is 0 Å². The number of aliphatic hydroxyl groups is 4. The molecular formula is C12H27O8P. The van der Waals surface area contributed by atoms with Crippen molar-refractivity contribution in [1.29, 1.82) is 1.28 Å². The molecule has 1 rings (SSSR count). The van der Waals surface area contributed by atoms with E-state index in [1.807, 2.05) is 0 Å². The van der Waals surface area contributed by atoms with Gasteiger partial charge in [0.25, 0.3) is 0 Å². The molecule has 4 N–H and O–H groups in total. The van der Waals surface area contributed by atoms with Gasteiger partial charge in [-0.15, -0.1) is 0 Å². The average Bonchev–Trinajstić information content (AvgIpc) is 2.52. The first-order valence-corrected chi connectivity index (χ1v) is 6.91. The molecule has 0 radical (unpaired) electrons. The molecule has 21 heavy (non-hydrogen) atoms. The minimum atomic E-state index is -0.583. The molecule has 1 aliphatic rings. The van der Waals surface area contributed by atoms with E-state index in [2.05, 4.69) is 0 Å². The van der Waals surface area contributed by atoms with Crippen molar-refractivity contribution < 1.29 is 39.3 Å². The van der Waals surface area contributed by atoms with E-state index in [9.17, 15) is 4.79 Å². The maximum absolute atomic E-state index is 9.24. The molecule has 0 aromatic carbocycles. The second-order valence-electron chi connectivity index (χ2n) is 3.52. The summed E-state index contributed by atoms with van der Waals surface area (Å²) in [6, 6.07) is 0. The van der Waals surface area contributed by atoms with E-state index in [1.54, 1.807) is 0 Å². The molecule has 1 aliphatic heterocycles. The third-order valence-electron chi connectivity index (χ3n) is 1.82. The highest BCUT2D eigenvalue weighted by molar-refractivity contribution is 7.00. The van der Waals surface area contributed by atoms with Gasteiger partial charge in [-0.2, -0.15) is 0 Å². The number of ether oxygens (including phenoxy) is 2. The van der Waals surface area contributed by atoms with Crippen molar-refractivity contribution in [1.82, 2.24) is 0 Å². The van der Waals surface area contributed by atoms with E-state index in [4.69, 9.17) is 35.7 Å². The Morgan fingerprint density at radius 3 is 1.86 bits per heavy atom. The average molecular weight is 331 g/mol. The van der Waals surface area contributed by atoms with Gasteiger partial charge in [0.15, 0.2) is 6.29 Å². The lowest BCUT2D eigenvalue weighted by atomic mass is 10.4. The van der Waals surface area contributed by atoms with Gasteiger partial charge in [0.1, 0.15) is 16.6 Å². The first-order valence-electron chi connectivity index (χ1n) is 7.00. The van der Waals surface area contributed by atoms with Crippen LogP contribution in [0.15, 0.2) is 0 Å². The van der Waals surface area contributed by atoms with Crippen LogP contribution in [0.2, 0.25) is 0 Å². The van der Waals surface area contributed by atoms with Crippen molar-refractivity contribution in [2.75, 3.05) is 39.6 Å². The molecular weight excluding hydrogens is 303 g/mol. The number of carbonyl (C=O) groups excluding carboxylic acids is 1. The fraction of sp³-hybridized carbons (Fsp3) is 0.917. The lowest BCUT2D eigenvalue weighted by molar-refractivity contribution is -0.184. The number of aldehydes is 1. The number of rotatable bonds is 6. The highest BCUT2D eigenvalue weighted by Crippen LogP contribution is 2.06. The molecule has 0 unspecified atom stereocenters. The van der Waals surface area contributed by atoms with E-state index in [1.165, 1.54) is 0 Å². The Hall–Kier alpha value is -0.470. The van der Waals surface area contributed by atoms with E-state index in [-0.39, 0.29) is 39.1 Å². The predicted molar refractivity (Wildman–Crippen MR) is 77.6 cm³/mol. The summed E-state index contributed by atoms with van der Waals surface area (Å²) in [7, 11) is -0.583. The minimum absolute atomic E-state index is 0.0243. The van der Waals surface area contributed by atoms with Crippen LogP contribution in [-0.4, -0.2) is 73.9 Å². The van der Waals surface area contributed by atoms with Crippen LogP contribution in [0.25, 0.3) is 0 Å². The van der Waals surface area contributed by atoms with Crippen molar-refractivity contribution >= 4 is 15.4 Å². The standard InChI is InChI=1S/C6H12O3.C3H8O2.C3H6O2.HOP/c7-3-2-6-8-4-1-5-9-6;2*4-2-1-3-5;1-2/h6-7H,1-5H2;4-5H,1-3H2;2,5H,1,3H2;2H/i;;;2D. The predicted octanol–water partition coefficient (Wildman–Crippen LogP) is -0.465. The zero-order valence-electron chi connectivity index (χ0n) is 13.1. The molecule has 8 nitrogen and oxygen atoms in total. The highest BCUT2D eigenvalue weighted by Gasteiger charge is 2.12. The number of aliphatic hydroxyl groups excluding tert-OH is 4. The summed E-state index contributed by atoms with van der Waals surface area (Å²) >= 11 is 0. The van der Waals surface area contributed by atoms with Crippen LogP contribution < -0.4 is 0 Å². The minimum Gasteiger partial charge on any atom is -0.396 e. The van der Waals surface area contributed by atoms with Crippen LogP contribution in [0.5, 0.6) is 0 Å². The first-order chi connectivity index (χ1) is 10.7. The molecule has 0 bridgehead atoms. The third kappa shape index (κ3) is 28.4. The van der Waals surface area contributed by atoms with Crippen LogP contribution in [0.1, 0.15) is 25.7 Å². The van der Waals surface area contributed by atoms with Crippen LogP contribution >= 0.6 is 9.06 Å². The summed E-state index contributed by atoms with van der Waals surface area (Å²) in [4.78, 5) is 9.24. The lowest BCUT2D eigenvalue weighted by Crippen LogP contribution is -2.25. The molecule has 0 aliphatic carbocycles. The summed E-state index contributed by atoms with van der Waals surface area (Å²) in [6.45, 7) is 1.84. The Kier molecular flexibility index (Phi) is 30.2. The molecule has 9 heteroatoms. The molecule has 0 spiro atoms. The van der Waals surface area contributed by atoms with Crippen molar-refractivity contribution in [2.45, 2.75) is 32.0 Å². The van der Waals surface area contributed by atoms with Gasteiger partial charge in [0.05, 0.1) is 13.2 Å². The molecule has 1 heterocycles. The quantitative estimate of drug-likeness (QED) is 0.379. The largest absolute Gasteiger partial charge is 0.396 e. The van der Waals surface area contributed by atoms with Crippen LogP contribution in [0, 0.1) is 0 Å². The van der Waals surface area contributed by atoms with E-state index < -0.39 is 9.06 Å². The second-order valence-corrected chi connectivity index (χ2v) is 3.52. The maximum atomic E-state index is 9.24. The van der Waals surface area contributed by atoms with Gasteiger partial charge in [-0.3, -0.25) is 4.57 Å². The van der Waals surface area contributed by atoms with E-state index in [0.29, 0.717) is 19.1 Å². The molecule has 128 valence electrons. The maximum Gasteiger partial charge on any atom is 0.159 e. The SMILES string of the molecule is O=CCCO.OCCC1OCCCO1.OCCCO.[2H]P=O. The van der Waals surface area contributed by atoms with Crippen molar-refractivity contribution in [3.63, 3.8) is 0 Å². The Bertz CT molecular complexity index is 201. The summed E-state index contributed by atoms with van der Waals surface area (Å²) in [6.07, 6.45) is 2.87. The van der Waals surface area contributed by atoms with Crippen molar-refractivity contribution in [3.8, 4) is 0 Å². The van der Waals surface area contributed by atoms with Gasteiger partial charge in [0.2, 0.25) is 0 Å². The molecule has 0 aromatic heterocycles. The lowest BCUT2D eigenvalue weighted by Gasteiger charge is -2.21. The zero-order valence-corrected chi connectivity index (χ0v) is 13.0. The van der Waals surface area contributed by atoms with Gasteiger partial charge in [0, 0.05) is 39.3 Å². The summed E-state index contributed by atoms with van der Waals surface area (Å²) < 4.78 is 24.5. The fourth-order valence-electron chi connectivity index (χ4n) is 0.932. The molecule has 0 amide bonds. The van der Waals surface area contributed by atoms with Crippen LogP contribution in [0.3, 0.4) is 0 Å². The Labute approximate surface area is 128 Å². The van der Waals surface area contributed by atoms with E-state index in [0.717, 1.165) is 19.6 Å². The molecule has 1 fully saturated rings. The Morgan fingerprint density at radius 1 is 1.10 bits per heavy atom. The Morgan fingerprint density at radius 2 is 1.62 bits per heavy atom. The zero-order chi connectivity index (χ0) is 17.5. The first kappa shape index (κ1) is 22.8. The smallest absolute Gasteiger partial charge is 0.159 e. The monoisotopic (exact) mass is 331 g/mol. The second kappa shape index (κ2) is 27.8. The van der Waals surface area contributed by atoms with Gasteiger partial charge < -0.3 is 34.7 Å². The van der Waals surface area contributed by atoms with E-state index >= 15 is 0 Å². The number of hydrogen-bond donors (Lipinski definition) is 4. The molecule has 1 saturated heterocycles. The summed E-state index contributed by atoms with van der Waals surface area (Å²) in [5.41, 5.74) is 0. The normalized spacial score (nSPS) is 14.4. The fourth-order valence-corrected chi connectivity index (χ4v) is 0.932. The van der Waals surface area contributed by atoms with Crippen LogP contribution in [0.4, 0.5) is 0 Å². The van der Waals surface area contributed by atoms with Gasteiger partial charge in [-0.05, 0) is 12.8 Å².